The quantitative estimate of drug-likeness (QED) is 0.0252. The lowest BCUT2D eigenvalue weighted by Crippen LogP contribution is -2.28. The van der Waals surface area contributed by atoms with Crippen LogP contribution in [0.5, 0.6) is 0 Å². The van der Waals surface area contributed by atoms with Crippen molar-refractivity contribution in [3.05, 3.63) is 72.9 Å². The number of carbonyl (C=O) groups excluding carboxylic acids is 2. The summed E-state index contributed by atoms with van der Waals surface area (Å²) < 4.78 is 32.3. The Labute approximate surface area is 308 Å². The van der Waals surface area contributed by atoms with Crippen molar-refractivity contribution in [2.24, 2.45) is 0 Å². The minimum Gasteiger partial charge on any atom is -0.457 e. The van der Waals surface area contributed by atoms with E-state index >= 15 is 0 Å². The average Bonchev–Trinajstić information content (AvgIpc) is 3.12. The van der Waals surface area contributed by atoms with E-state index in [1.165, 1.54) is 12.8 Å². The summed E-state index contributed by atoms with van der Waals surface area (Å²) in [5, 5.41) is 19.1. The second kappa shape index (κ2) is 35.8. The van der Waals surface area contributed by atoms with Crippen LogP contribution in [0.25, 0.3) is 0 Å². The van der Waals surface area contributed by atoms with Gasteiger partial charge in [0, 0.05) is 12.8 Å². The Morgan fingerprint density at radius 2 is 0.941 bits per heavy atom. The molecule has 0 fully saturated rings. The van der Waals surface area contributed by atoms with E-state index in [0.717, 1.165) is 70.6 Å². The summed E-state index contributed by atoms with van der Waals surface area (Å²) in [6.45, 7) is 1.94. The van der Waals surface area contributed by atoms with E-state index in [4.69, 9.17) is 18.5 Å². The lowest BCUT2D eigenvalue weighted by Gasteiger charge is -2.20. The van der Waals surface area contributed by atoms with E-state index in [1.54, 1.807) is 0 Å². The maximum Gasteiger partial charge on any atom is 0.472 e. The van der Waals surface area contributed by atoms with Crippen LogP contribution < -0.4 is 0 Å². The highest BCUT2D eigenvalue weighted by Crippen LogP contribution is 2.43. The molecule has 3 N–H and O–H groups in total. The predicted molar refractivity (Wildman–Crippen MR) is 205 cm³/mol. The maximum absolute atomic E-state index is 12.3. The molecule has 0 saturated carbocycles. The van der Waals surface area contributed by atoms with Crippen molar-refractivity contribution in [1.82, 2.24) is 0 Å². The molecule has 3 unspecified atom stereocenters. The van der Waals surface area contributed by atoms with Crippen LogP contribution in [-0.2, 0) is 32.7 Å². The first-order valence-electron chi connectivity index (χ1n) is 18.9. The Kier molecular flexibility index (Phi) is 34.0. The van der Waals surface area contributed by atoms with Crippen LogP contribution in [0.2, 0.25) is 0 Å². The van der Waals surface area contributed by atoms with Gasteiger partial charge in [0.05, 0.1) is 26.4 Å². The van der Waals surface area contributed by atoms with E-state index in [2.05, 4.69) is 74.6 Å². The summed E-state index contributed by atoms with van der Waals surface area (Å²) >= 11 is 0. The van der Waals surface area contributed by atoms with Gasteiger partial charge in [-0.1, -0.05) is 119 Å². The highest BCUT2D eigenvalue weighted by molar-refractivity contribution is 7.47. The molecule has 0 saturated heterocycles. The minimum atomic E-state index is -4.65. The molecule has 0 aliphatic rings. The highest BCUT2D eigenvalue weighted by Gasteiger charge is 2.27. The van der Waals surface area contributed by atoms with Crippen LogP contribution in [0.4, 0.5) is 0 Å². The number of hydrogen-bond donors (Lipinski definition) is 3. The molecule has 10 nitrogen and oxygen atoms in total. The van der Waals surface area contributed by atoms with Crippen molar-refractivity contribution in [2.75, 3.05) is 26.4 Å². The summed E-state index contributed by atoms with van der Waals surface area (Å²) in [6.07, 6.45) is 38.9. The van der Waals surface area contributed by atoms with Crippen molar-refractivity contribution in [3.63, 3.8) is 0 Å². The summed E-state index contributed by atoms with van der Waals surface area (Å²) in [5.41, 5.74) is 0. The zero-order valence-electron chi connectivity index (χ0n) is 31.3. The Morgan fingerprint density at radius 1 is 0.549 bits per heavy atom. The number of carbonyl (C=O) groups is 2. The largest absolute Gasteiger partial charge is 0.472 e. The Bertz CT molecular complexity index is 1080. The van der Waals surface area contributed by atoms with Gasteiger partial charge in [-0.05, 0) is 70.6 Å². The third kappa shape index (κ3) is 34.3. The fraction of sp³-hybridized carbons (Fsp3) is 0.650. The molecule has 0 bridgehead atoms. The van der Waals surface area contributed by atoms with Crippen LogP contribution >= 0.6 is 7.82 Å². The number of aliphatic hydroxyl groups is 2. The van der Waals surface area contributed by atoms with Crippen molar-refractivity contribution in [1.29, 1.82) is 0 Å². The number of ether oxygens (including phenoxy) is 2. The first-order chi connectivity index (χ1) is 24.8. The molecule has 51 heavy (non-hydrogen) atoms. The van der Waals surface area contributed by atoms with E-state index < -0.39 is 58.4 Å². The second-order valence-electron chi connectivity index (χ2n) is 12.2. The third-order valence-corrected chi connectivity index (χ3v) is 8.35. The molecule has 0 aromatic rings. The van der Waals surface area contributed by atoms with Gasteiger partial charge in [0.1, 0.15) is 12.2 Å². The number of phosphoric ester groups is 1. The highest BCUT2D eigenvalue weighted by atomic mass is 31.2. The van der Waals surface area contributed by atoms with Crippen molar-refractivity contribution in [2.45, 2.75) is 142 Å². The fourth-order valence-electron chi connectivity index (χ4n) is 4.48. The van der Waals surface area contributed by atoms with Gasteiger partial charge < -0.3 is 24.6 Å². The third-order valence-electron chi connectivity index (χ3n) is 7.40. The molecule has 11 heteroatoms. The van der Waals surface area contributed by atoms with Gasteiger partial charge in [0.2, 0.25) is 0 Å². The minimum absolute atomic E-state index is 0.110. The molecule has 0 aliphatic heterocycles. The van der Waals surface area contributed by atoms with Crippen molar-refractivity contribution in [3.8, 4) is 0 Å². The van der Waals surface area contributed by atoms with Crippen LogP contribution in [0, 0.1) is 0 Å². The van der Waals surface area contributed by atoms with Crippen molar-refractivity contribution < 1.29 is 47.8 Å². The summed E-state index contributed by atoms with van der Waals surface area (Å²) in [6, 6.07) is 0. The Hall–Kier alpha value is -2.59. The SMILES string of the molecule is CC/C=C\C/C=C\C/C=C\C/C=C\C/C=C\CCCC(=O)OC(CO)COP(=O)(O)OCC(CO)OC(=O)CCCCCCC/C=C\CCCC. The van der Waals surface area contributed by atoms with Gasteiger partial charge in [-0.15, -0.1) is 0 Å². The Morgan fingerprint density at radius 3 is 1.43 bits per heavy atom. The number of esters is 2. The zero-order valence-corrected chi connectivity index (χ0v) is 32.2. The van der Waals surface area contributed by atoms with Gasteiger partial charge in [-0.3, -0.25) is 18.6 Å². The molecule has 0 aromatic heterocycles. The zero-order chi connectivity index (χ0) is 37.7. The predicted octanol–water partition coefficient (Wildman–Crippen LogP) is 9.33. The second-order valence-corrected chi connectivity index (χ2v) is 13.6. The van der Waals surface area contributed by atoms with E-state index in [-0.39, 0.29) is 12.8 Å². The molecule has 292 valence electrons. The van der Waals surface area contributed by atoms with Crippen LogP contribution in [-0.4, -0.2) is 65.7 Å². The molecule has 0 spiro atoms. The van der Waals surface area contributed by atoms with E-state index in [0.29, 0.717) is 19.3 Å². The molecule has 0 amide bonds. The average molecular weight is 739 g/mol. The fourth-order valence-corrected chi connectivity index (χ4v) is 5.27. The molecule has 0 aromatic carbocycles. The Balaban J connectivity index is 4.10. The lowest BCUT2D eigenvalue weighted by atomic mass is 10.1. The van der Waals surface area contributed by atoms with Crippen LogP contribution in [0.1, 0.15) is 129 Å². The molecular weight excluding hydrogens is 671 g/mol. The van der Waals surface area contributed by atoms with Gasteiger partial charge >= 0.3 is 19.8 Å². The van der Waals surface area contributed by atoms with E-state index in [1.807, 2.05) is 12.2 Å². The van der Waals surface area contributed by atoms with Crippen molar-refractivity contribution >= 4 is 19.8 Å². The number of allylic oxidation sites excluding steroid dienone is 12. The van der Waals surface area contributed by atoms with Gasteiger partial charge in [-0.25, -0.2) is 4.57 Å². The van der Waals surface area contributed by atoms with Crippen LogP contribution in [0.3, 0.4) is 0 Å². The molecule has 0 heterocycles. The summed E-state index contributed by atoms with van der Waals surface area (Å²) in [4.78, 5) is 34.3. The standard InChI is InChI=1S/C40H67O10P/c1-3-5-7-9-11-13-15-16-17-18-19-20-22-24-26-28-30-32-40(44)50-38(34-42)36-48-51(45,46)47-35-37(33-41)49-39(43)31-29-27-25-23-21-14-12-10-8-6-4-2/h5,7,10-13,16-17,19-20,24,26,37-38,41-42H,3-4,6,8-9,14-15,18,21-23,25,27-36H2,1-2H3,(H,45,46)/b7-5-,12-10-,13-11-,17-16-,20-19-,26-24-. The van der Waals surface area contributed by atoms with Gasteiger partial charge in [-0.2, -0.15) is 0 Å². The van der Waals surface area contributed by atoms with E-state index in [9.17, 15) is 29.3 Å². The summed E-state index contributed by atoms with van der Waals surface area (Å²) in [7, 11) is -4.65. The molecule has 3 atom stereocenters. The van der Waals surface area contributed by atoms with Gasteiger partial charge in [0.25, 0.3) is 0 Å². The first-order valence-corrected chi connectivity index (χ1v) is 20.4. The number of phosphoric acid groups is 1. The monoisotopic (exact) mass is 738 g/mol. The molecule has 0 radical (unpaired) electrons. The normalized spacial score (nSPS) is 14.8. The topological polar surface area (TPSA) is 149 Å². The molecule has 0 rings (SSSR count). The van der Waals surface area contributed by atoms with Crippen LogP contribution in [0.15, 0.2) is 72.9 Å². The molecule has 0 aliphatic carbocycles. The smallest absolute Gasteiger partial charge is 0.457 e. The maximum atomic E-state index is 12.3. The lowest BCUT2D eigenvalue weighted by molar-refractivity contribution is -0.153. The number of hydrogen-bond acceptors (Lipinski definition) is 9. The number of rotatable bonds is 34. The number of aliphatic hydroxyl groups excluding tert-OH is 2. The molecular formula is C40H67O10P. The number of unbranched alkanes of at least 4 members (excludes halogenated alkanes) is 8. The van der Waals surface area contributed by atoms with Gasteiger partial charge in [0.15, 0.2) is 0 Å². The first kappa shape index (κ1) is 48.4. The summed E-state index contributed by atoms with van der Waals surface area (Å²) in [5.74, 6) is -1.10.